The number of hydrogen-bond acceptors (Lipinski definition) is 7. The summed E-state index contributed by atoms with van der Waals surface area (Å²) in [6, 6.07) is 10.4. The molecule has 0 saturated heterocycles. The van der Waals surface area contributed by atoms with Crippen LogP contribution in [0.4, 0.5) is 14.5 Å². The fourth-order valence-corrected chi connectivity index (χ4v) is 2.19. The van der Waals surface area contributed by atoms with Crippen LogP contribution in [0.1, 0.15) is 17.3 Å². The van der Waals surface area contributed by atoms with Crippen molar-refractivity contribution in [1.82, 2.24) is 0 Å². The number of ether oxygens (including phenoxy) is 3. The Hall–Kier alpha value is -3.56. The van der Waals surface area contributed by atoms with Crippen LogP contribution in [-0.4, -0.2) is 36.0 Å². The van der Waals surface area contributed by atoms with Gasteiger partial charge in [-0.05, 0) is 37.3 Å². The smallest absolute Gasteiger partial charge is 0.387 e. The molecule has 28 heavy (non-hydrogen) atoms. The normalized spacial score (nSPS) is 11.6. The number of benzene rings is 2. The minimum Gasteiger partial charge on any atom is -0.475 e. The molecule has 0 aliphatic heterocycles. The molecule has 1 atom stereocenters. The molecule has 2 aromatic rings. The molecule has 0 heterocycles. The molecule has 10 heteroatoms. The lowest BCUT2D eigenvalue weighted by atomic mass is 10.1. The quantitative estimate of drug-likeness (QED) is 0.277. The van der Waals surface area contributed by atoms with Crippen LogP contribution in [0.15, 0.2) is 48.5 Å². The molecule has 0 fully saturated rings. The van der Waals surface area contributed by atoms with E-state index in [4.69, 9.17) is 9.47 Å². The second-order valence-electron chi connectivity index (χ2n) is 5.41. The summed E-state index contributed by atoms with van der Waals surface area (Å²) < 4.78 is 38.5. The number of para-hydroxylation sites is 2. The first-order valence-electron chi connectivity index (χ1n) is 7.92. The Morgan fingerprint density at radius 1 is 1.11 bits per heavy atom. The highest BCUT2D eigenvalue weighted by Crippen LogP contribution is 2.25. The summed E-state index contributed by atoms with van der Waals surface area (Å²) in [6.45, 7) is -2.29. The minimum absolute atomic E-state index is 0.113. The number of nitro groups is 1. The van der Waals surface area contributed by atoms with Gasteiger partial charge in [-0.25, -0.2) is 4.79 Å². The summed E-state index contributed by atoms with van der Waals surface area (Å²) in [6.07, 6.45) is -1.18. The largest absolute Gasteiger partial charge is 0.475 e. The highest BCUT2D eigenvalue weighted by molar-refractivity contribution is 6.00. The minimum atomic E-state index is -2.98. The third-order valence-electron chi connectivity index (χ3n) is 3.45. The number of Topliss-reactive ketones (excluding diaryl/α,β-unsaturated/α-hetero) is 1. The van der Waals surface area contributed by atoms with Crippen molar-refractivity contribution in [2.75, 3.05) is 6.61 Å². The second kappa shape index (κ2) is 9.40. The Morgan fingerprint density at radius 2 is 1.75 bits per heavy atom. The van der Waals surface area contributed by atoms with Gasteiger partial charge in [0.25, 0.3) is 0 Å². The van der Waals surface area contributed by atoms with Gasteiger partial charge in [0.05, 0.1) is 4.92 Å². The van der Waals surface area contributed by atoms with Gasteiger partial charge in [0.2, 0.25) is 5.78 Å². The maximum atomic E-state index is 12.2. The van der Waals surface area contributed by atoms with Crippen molar-refractivity contribution < 1.29 is 37.5 Å². The van der Waals surface area contributed by atoms with E-state index < -0.39 is 36.0 Å². The maximum Gasteiger partial charge on any atom is 0.387 e. The average molecular weight is 395 g/mol. The first-order chi connectivity index (χ1) is 13.3. The van der Waals surface area contributed by atoms with Crippen molar-refractivity contribution in [3.05, 3.63) is 64.2 Å². The Balaban J connectivity index is 1.91. The number of carbonyl (C=O) groups is 2. The zero-order chi connectivity index (χ0) is 20.7. The van der Waals surface area contributed by atoms with E-state index in [1.165, 1.54) is 55.5 Å². The summed E-state index contributed by atoms with van der Waals surface area (Å²) in [5.74, 6) is -1.70. The number of alkyl halides is 2. The third-order valence-corrected chi connectivity index (χ3v) is 3.45. The van der Waals surface area contributed by atoms with E-state index in [-0.39, 0.29) is 22.7 Å². The Bertz CT molecular complexity index is 855. The summed E-state index contributed by atoms with van der Waals surface area (Å²) in [5, 5.41) is 10.9. The highest BCUT2D eigenvalue weighted by atomic mass is 19.3. The molecule has 0 spiro atoms. The van der Waals surface area contributed by atoms with Gasteiger partial charge in [-0.1, -0.05) is 12.1 Å². The average Bonchev–Trinajstić information content (AvgIpc) is 2.66. The SMILES string of the molecule is C[C@H](OC(=O)COc1ccccc1[N+](=O)[O-])C(=O)c1ccc(OC(F)F)cc1. The Labute approximate surface area is 157 Å². The monoisotopic (exact) mass is 395 g/mol. The van der Waals surface area contributed by atoms with Gasteiger partial charge in [-0.2, -0.15) is 8.78 Å². The van der Waals surface area contributed by atoms with E-state index >= 15 is 0 Å². The lowest BCUT2D eigenvalue weighted by Gasteiger charge is -2.13. The zero-order valence-electron chi connectivity index (χ0n) is 14.5. The topological polar surface area (TPSA) is 105 Å². The maximum absolute atomic E-state index is 12.2. The fourth-order valence-electron chi connectivity index (χ4n) is 2.19. The summed E-state index contributed by atoms with van der Waals surface area (Å²) >= 11 is 0. The lowest BCUT2D eigenvalue weighted by molar-refractivity contribution is -0.385. The van der Waals surface area contributed by atoms with E-state index in [2.05, 4.69) is 4.74 Å². The van der Waals surface area contributed by atoms with Gasteiger partial charge < -0.3 is 14.2 Å². The number of nitro benzene ring substituents is 1. The van der Waals surface area contributed by atoms with Crippen molar-refractivity contribution in [2.45, 2.75) is 19.6 Å². The van der Waals surface area contributed by atoms with Crippen molar-refractivity contribution in [2.24, 2.45) is 0 Å². The van der Waals surface area contributed by atoms with Gasteiger partial charge >= 0.3 is 18.3 Å². The molecule has 0 unspecified atom stereocenters. The summed E-state index contributed by atoms with van der Waals surface area (Å²) in [7, 11) is 0. The van der Waals surface area contributed by atoms with E-state index in [1.807, 2.05) is 0 Å². The van der Waals surface area contributed by atoms with E-state index in [9.17, 15) is 28.5 Å². The molecule has 2 aromatic carbocycles. The molecule has 148 valence electrons. The number of esters is 1. The van der Waals surface area contributed by atoms with Crippen molar-refractivity contribution in [3.63, 3.8) is 0 Å². The van der Waals surface area contributed by atoms with E-state index in [0.717, 1.165) is 0 Å². The molecule has 0 N–H and O–H groups in total. The van der Waals surface area contributed by atoms with Crippen molar-refractivity contribution >= 4 is 17.4 Å². The Morgan fingerprint density at radius 3 is 2.36 bits per heavy atom. The molecule has 0 radical (unpaired) electrons. The van der Waals surface area contributed by atoms with Crippen molar-refractivity contribution in [3.8, 4) is 11.5 Å². The number of rotatable bonds is 9. The lowest BCUT2D eigenvalue weighted by Crippen LogP contribution is -2.27. The highest BCUT2D eigenvalue weighted by Gasteiger charge is 2.21. The number of nitrogens with zero attached hydrogens (tertiary/aromatic N) is 1. The summed E-state index contributed by atoms with van der Waals surface area (Å²) in [5.41, 5.74) is -0.188. The summed E-state index contributed by atoms with van der Waals surface area (Å²) in [4.78, 5) is 34.3. The molecule has 8 nitrogen and oxygen atoms in total. The van der Waals surface area contributed by atoms with Crippen LogP contribution in [0.2, 0.25) is 0 Å². The standard InChI is InChI=1S/C18H15F2NO7/c1-11(17(23)12-6-8-13(9-7-12)28-18(19)20)27-16(22)10-26-15-5-3-2-4-14(15)21(24)25/h2-9,11,18H,10H2,1H3/t11-/m0/s1. The number of halogens is 2. The molecule has 0 aromatic heterocycles. The molecule has 0 aliphatic carbocycles. The van der Waals surface area contributed by atoms with Crippen LogP contribution in [0, 0.1) is 10.1 Å². The third kappa shape index (κ3) is 5.73. The number of hydrogen-bond donors (Lipinski definition) is 0. The molecule has 0 saturated carbocycles. The van der Waals surface area contributed by atoms with Crippen LogP contribution in [-0.2, 0) is 9.53 Å². The number of carbonyl (C=O) groups excluding carboxylic acids is 2. The molecular formula is C18H15F2NO7. The first kappa shape index (κ1) is 20.7. The van der Waals surface area contributed by atoms with Gasteiger partial charge in [0.1, 0.15) is 5.75 Å². The molecule has 0 bridgehead atoms. The van der Waals surface area contributed by atoms with Crippen LogP contribution in [0.25, 0.3) is 0 Å². The Kier molecular flexibility index (Phi) is 6.96. The van der Waals surface area contributed by atoms with Gasteiger partial charge in [0.15, 0.2) is 18.5 Å². The van der Waals surface area contributed by atoms with Crippen LogP contribution < -0.4 is 9.47 Å². The molecule has 0 amide bonds. The van der Waals surface area contributed by atoms with Gasteiger partial charge in [0, 0.05) is 11.6 Å². The molecule has 0 aliphatic rings. The zero-order valence-corrected chi connectivity index (χ0v) is 14.5. The molecular weight excluding hydrogens is 380 g/mol. The van der Waals surface area contributed by atoms with Gasteiger partial charge in [-0.3, -0.25) is 14.9 Å². The fraction of sp³-hybridized carbons (Fsp3) is 0.222. The number of ketones is 1. The van der Waals surface area contributed by atoms with Crippen molar-refractivity contribution in [1.29, 1.82) is 0 Å². The van der Waals surface area contributed by atoms with Crippen LogP contribution in [0.5, 0.6) is 11.5 Å². The predicted octanol–water partition coefficient (Wildman–Crippen LogP) is 3.39. The van der Waals surface area contributed by atoms with Gasteiger partial charge in [-0.15, -0.1) is 0 Å². The first-order valence-corrected chi connectivity index (χ1v) is 7.92. The molecule has 2 rings (SSSR count). The van der Waals surface area contributed by atoms with Crippen LogP contribution in [0.3, 0.4) is 0 Å². The second-order valence-corrected chi connectivity index (χ2v) is 5.41. The van der Waals surface area contributed by atoms with E-state index in [1.54, 1.807) is 0 Å². The van der Waals surface area contributed by atoms with Crippen LogP contribution >= 0.6 is 0 Å². The van der Waals surface area contributed by atoms with E-state index in [0.29, 0.717) is 0 Å². The predicted molar refractivity (Wildman–Crippen MR) is 91.5 cm³/mol.